The summed E-state index contributed by atoms with van der Waals surface area (Å²) in [5, 5.41) is 2.81. The highest BCUT2D eigenvalue weighted by molar-refractivity contribution is 9.10. The average Bonchev–Trinajstić information content (AvgIpc) is 2.30. The summed E-state index contributed by atoms with van der Waals surface area (Å²) in [4.78, 5) is 11.8. The van der Waals surface area contributed by atoms with Crippen molar-refractivity contribution in [3.05, 3.63) is 28.2 Å². The average molecular weight is 301 g/mol. The van der Waals surface area contributed by atoms with Crippen molar-refractivity contribution in [3.8, 4) is 0 Å². The zero-order chi connectivity index (χ0) is 12.8. The molecule has 0 aromatic heterocycles. The number of methoxy groups -OCH3 is 1. The lowest BCUT2D eigenvalue weighted by molar-refractivity contribution is -0.117. The fourth-order valence-corrected chi connectivity index (χ4v) is 1.69. The number of nitrogens with one attached hydrogen (secondary N) is 1. The number of carbonyl (C=O) groups excluding carboxylic acids is 1. The van der Waals surface area contributed by atoms with Crippen LogP contribution >= 0.6 is 15.9 Å². The van der Waals surface area contributed by atoms with Gasteiger partial charge in [0.1, 0.15) is 0 Å². The molecule has 0 spiro atoms. The summed E-state index contributed by atoms with van der Waals surface area (Å²) in [6.07, 6.45) is 0.509. The second-order valence-corrected chi connectivity index (χ2v) is 4.75. The van der Waals surface area contributed by atoms with E-state index in [0.717, 1.165) is 15.7 Å². The lowest BCUT2D eigenvalue weighted by atomic mass is 10.1. The first kappa shape index (κ1) is 14.2. The Hall–Kier alpha value is -0.910. The number of halogens is 1. The predicted octanol–water partition coefficient (Wildman–Crippen LogP) is 2.06. The second-order valence-electron chi connectivity index (χ2n) is 3.84. The highest BCUT2D eigenvalue weighted by atomic mass is 79.9. The third-order valence-electron chi connectivity index (χ3n) is 2.43. The molecule has 0 aliphatic carbocycles. The zero-order valence-electron chi connectivity index (χ0n) is 10.00. The summed E-state index contributed by atoms with van der Waals surface area (Å²) in [6.45, 7) is 2.41. The van der Waals surface area contributed by atoms with Gasteiger partial charge in [0.05, 0.1) is 6.04 Å². The van der Waals surface area contributed by atoms with Crippen molar-refractivity contribution in [1.29, 1.82) is 0 Å². The number of hydrogen-bond acceptors (Lipinski definition) is 3. The highest BCUT2D eigenvalue weighted by Crippen LogP contribution is 2.20. The summed E-state index contributed by atoms with van der Waals surface area (Å²) in [7, 11) is 1.59. The van der Waals surface area contributed by atoms with Gasteiger partial charge in [0.15, 0.2) is 0 Å². The monoisotopic (exact) mass is 300 g/mol. The van der Waals surface area contributed by atoms with Gasteiger partial charge in [-0.25, -0.2) is 0 Å². The number of aryl methyl sites for hydroxylation is 1. The summed E-state index contributed by atoms with van der Waals surface area (Å²) < 4.78 is 5.81. The molecule has 3 N–H and O–H groups in total. The number of hydrogen-bond donors (Lipinski definition) is 2. The van der Waals surface area contributed by atoms with Gasteiger partial charge in [-0.2, -0.15) is 0 Å². The molecule has 1 amide bonds. The summed E-state index contributed by atoms with van der Waals surface area (Å²) in [5.74, 6) is -0.191. The molecule has 17 heavy (non-hydrogen) atoms. The molecule has 0 radical (unpaired) electrons. The van der Waals surface area contributed by atoms with E-state index in [1.807, 2.05) is 25.1 Å². The molecule has 94 valence electrons. The molecule has 0 saturated carbocycles. The van der Waals surface area contributed by atoms with Gasteiger partial charge in [0.25, 0.3) is 0 Å². The molecule has 1 unspecified atom stereocenters. The third-order valence-corrected chi connectivity index (χ3v) is 2.92. The Morgan fingerprint density at radius 3 is 2.94 bits per heavy atom. The number of ether oxygens (including phenoxy) is 1. The van der Waals surface area contributed by atoms with Crippen LogP contribution in [-0.2, 0) is 9.53 Å². The van der Waals surface area contributed by atoms with Crippen LogP contribution in [0.15, 0.2) is 22.7 Å². The second kappa shape index (κ2) is 6.74. The molecule has 1 aromatic rings. The van der Waals surface area contributed by atoms with Crippen molar-refractivity contribution >= 4 is 27.5 Å². The number of benzene rings is 1. The van der Waals surface area contributed by atoms with Gasteiger partial charge >= 0.3 is 0 Å². The zero-order valence-corrected chi connectivity index (χ0v) is 11.6. The first-order valence-corrected chi connectivity index (χ1v) is 6.15. The van der Waals surface area contributed by atoms with Crippen LogP contribution < -0.4 is 11.1 Å². The van der Waals surface area contributed by atoms with E-state index in [1.54, 1.807) is 7.11 Å². The predicted molar refractivity (Wildman–Crippen MR) is 72.0 cm³/mol. The minimum Gasteiger partial charge on any atom is -0.385 e. The normalized spacial score (nSPS) is 12.2. The van der Waals surface area contributed by atoms with Crippen molar-refractivity contribution in [3.63, 3.8) is 0 Å². The molecular formula is C12H17BrN2O2. The Morgan fingerprint density at radius 1 is 1.59 bits per heavy atom. The van der Waals surface area contributed by atoms with Crippen LogP contribution in [0.4, 0.5) is 5.69 Å². The fraction of sp³-hybridized carbons (Fsp3) is 0.417. The molecule has 0 aliphatic rings. The van der Waals surface area contributed by atoms with Crippen LogP contribution in [-0.4, -0.2) is 25.7 Å². The maximum atomic E-state index is 11.8. The smallest absolute Gasteiger partial charge is 0.241 e. The lowest BCUT2D eigenvalue weighted by Crippen LogP contribution is -2.36. The number of anilines is 1. The van der Waals surface area contributed by atoms with Gasteiger partial charge in [-0.15, -0.1) is 0 Å². The standard InChI is InChI=1S/C12H17BrN2O2/c1-8-3-4-9(13)7-11(8)15-12(16)10(14)5-6-17-2/h3-4,7,10H,5-6,14H2,1-2H3,(H,15,16). The van der Waals surface area contributed by atoms with Gasteiger partial charge in [-0.05, 0) is 31.0 Å². The van der Waals surface area contributed by atoms with Crippen LogP contribution in [0, 0.1) is 6.92 Å². The molecular weight excluding hydrogens is 284 g/mol. The van der Waals surface area contributed by atoms with Gasteiger partial charge in [0.2, 0.25) is 5.91 Å². The Morgan fingerprint density at radius 2 is 2.29 bits per heavy atom. The van der Waals surface area contributed by atoms with Gasteiger partial charge in [-0.1, -0.05) is 22.0 Å². The summed E-state index contributed by atoms with van der Waals surface area (Å²) in [6, 6.07) is 5.17. The molecule has 1 aromatic carbocycles. The minimum absolute atomic E-state index is 0.191. The fourth-order valence-electron chi connectivity index (χ4n) is 1.33. The maximum Gasteiger partial charge on any atom is 0.241 e. The largest absolute Gasteiger partial charge is 0.385 e. The Balaban J connectivity index is 2.64. The van der Waals surface area contributed by atoms with Gasteiger partial charge < -0.3 is 15.8 Å². The summed E-state index contributed by atoms with van der Waals surface area (Å²) >= 11 is 3.36. The van der Waals surface area contributed by atoms with Crippen LogP contribution in [0.25, 0.3) is 0 Å². The Labute approximate surface area is 110 Å². The van der Waals surface area contributed by atoms with Gasteiger partial charge in [0, 0.05) is 23.9 Å². The van der Waals surface area contributed by atoms with Crippen molar-refractivity contribution < 1.29 is 9.53 Å². The Bertz CT molecular complexity index is 396. The molecule has 0 heterocycles. The van der Waals surface area contributed by atoms with E-state index in [1.165, 1.54) is 0 Å². The lowest BCUT2D eigenvalue weighted by Gasteiger charge is -2.13. The Kier molecular flexibility index (Phi) is 5.61. The van der Waals surface area contributed by atoms with E-state index < -0.39 is 6.04 Å². The number of amides is 1. The first-order valence-electron chi connectivity index (χ1n) is 5.36. The highest BCUT2D eigenvalue weighted by Gasteiger charge is 2.14. The van der Waals surface area contributed by atoms with Crippen molar-refractivity contribution in [2.75, 3.05) is 19.0 Å². The SMILES string of the molecule is COCCC(N)C(=O)Nc1cc(Br)ccc1C. The van der Waals surface area contributed by atoms with E-state index in [-0.39, 0.29) is 5.91 Å². The molecule has 0 saturated heterocycles. The van der Waals surface area contributed by atoms with Gasteiger partial charge in [-0.3, -0.25) is 4.79 Å². The molecule has 1 atom stereocenters. The van der Waals surface area contributed by atoms with Crippen LogP contribution in [0.1, 0.15) is 12.0 Å². The minimum atomic E-state index is -0.548. The van der Waals surface area contributed by atoms with E-state index in [0.29, 0.717) is 13.0 Å². The van der Waals surface area contributed by atoms with E-state index in [9.17, 15) is 4.79 Å². The number of carbonyl (C=O) groups is 1. The molecule has 0 bridgehead atoms. The van der Waals surface area contributed by atoms with E-state index in [4.69, 9.17) is 10.5 Å². The number of nitrogens with two attached hydrogens (primary N) is 1. The maximum absolute atomic E-state index is 11.8. The molecule has 0 fully saturated rings. The molecule has 1 rings (SSSR count). The van der Waals surface area contributed by atoms with Crippen molar-refractivity contribution in [2.45, 2.75) is 19.4 Å². The molecule has 4 nitrogen and oxygen atoms in total. The van der Waals surface area contributed by atoms with Crippen LogP contribution in [0.5, 0.6) is 0 Å². The summed E-state index contributed by atoms with van der Waals surface area (Å²) in [5.41, 5.74) is 7.51. The quantitative estimate of drug-likeness (QED) is 0.875. The van der Waals surface area contributed by atoms with Crippen LogP contribution in [0.3, 0.4) is 0 Å². The van der Waals surface area contributed by atoms with E-state index >= 15 is 0 Å². The number of rotatable bonds is 5. The molecule has 5 heteroatoms. The molecule has 0 aliphatic heterocycles. The third kappa shape index (κ3) is 4.46. The topological polar surface area (TPSA) is 64.3 Å². The van der Waals surface area contributed by atoms with E-state index in [2.05, 4.69) is 21.2 Å². The first-order chi connectivity index (χ1) is 8.04. The van der Waals surface area contributed by atoms with Crippen molar-refractivity contribution in [2.24, 2.45) is 5.73 Å². The van der Waals surface area contributed by atoms with Crippen LogP contribution in [0.2, 0.25) is 0 Å². The van der Waals surface area contributed by atoms with Crippen molar-refractivity contribution in [1.82, 2.24) is 0 Å².